The lowest BCUT2D eigenvalue weighted by atomic mass is 10.1. The molecular formula is C16H18F3N7O2S2. The van der Waals surface area contributed by atoms with E-state index in [1.54, 1.807) is 6.20 Å². The molecule has 1 aliphatic heterocycles. The predicted octanol–water partition coefficient (Wildman–Crippen LogP) is 1.97. The first-order valence-corrected chi connectivity index (χ1v) is 11.6. The molecule has 3 aromatic heterocycles. The zero-order valence-electron chi connectivity index (χ0n) is 15.7. The first-order valence-electron chi connectivity index (χ1n) is 8.91. The van der Waals surface area contributed by atoms with E-state index in [0.717, 1.165) is 12.3 Å². The maximum absolute atomic E-state index is 13.1. The van der Waals surface area contributed by atoms with Gasteiger partial charge in [-0.25, -0.2) is 27.6 Å². The summed E-state index contributed by atoms with van der Waals surface area (Å²) in [6.07, 6.45) is 0.627. The molecule has 0 bridgehead atoms. The number of pyridine rings is 1. The van der Waals surface area contributed by atoms with E-state index >= 15 is 0 Å². The standard InChI is InChI=1S/C16H18F3N7O2S2/c1-30(27,28)24-10-2-4-25(5-3-10)15-23-26-8-12(22-14(26)29-15)9-6-11(16(17,18)19)13(20)21-7-9/h6-8,10,24H,2-5H2,1H3,(H2,20,21). The van der Waals surface area contributed by atoms with Gasteiger partial charge in [-0.2, -0.15) is 13.2 Å². The van der Waals surface area contributed by atoms with Crippen LogP contribution in [-0.4, -0.2) is 53.4 Å². The van der Waals surface area contributed by atoms with Crippen LogP contribution in [0, 0.1) is 0 Å². The molecule has 1 aliphatic rings. The molecule has 1 fully saturated rings. The van der Waals surface area contributed by atoms with Gasteiger partial charge >= 0.3 is 6.18 Å². The van der Waals surface area contributed by atoms with E-state index in [0.29, 0.717) is 41.7 Å². The predicted molar refractivity (Wildman–Crippen MR) is 107 cm³/mol. The third kappa shape index (κ3) is 4.34. The average molecular weight is 461 g/mol. The van der Waals surface area contributed by atoms with Gasteiger partial charge in [0.05, 0.1) is 23.7 Å². The Labute approximate surface area is 173 Å². The summed E-state index contributed by atoms with van der Waals surface area (Å²) >= 11 is 1.31. The fourth-order valence-corrected chi connectivity index (χ4v) is 5.07. The number of sulfonamides is 1. The van der Waals surface area contributed by atoms with Gasteiger partial charge in [0, 0.05) is 30.9 Å². The number of hydrogen-bond acceptors (Lipinski definition) is 8. The minimum Gasteiger partial charge on any atom is -0.383 e. The van der Waals surface area contributed by atoms with E-state index in [-0.39, 0.29) is 11.6 Å². The molecule has 4 heterocycles. The number of anilines is 2. The Kier molecular flexibility index (Phi) is 5.10. The van der Waals surface area contributed by atoms with Gasteiger partial charge in [-0.15, -0.1) is 5.10 Å². The SMILES string of the molecule is CS(=O)(=O)NC1CCN(c2nn3cc(-c4cnc(N)c(C(F)(F)F)c4)nc3s2)CC1. The van der Waals surface area contributed by atoms with Gasteiger partial charge in [0.15, 0.2) is 0 Å². The highest BCUT2D eigenvalue weighted by atomic mass is 32.2. The van der Waals surface area contributed by atoms with Crippen LogP contribution in [0.3, 0.4) is 0 Å². The highest BCUT2D eigenvalue weighted by Crippen LogP contribution is 2.35. The normalized spacial score (nSPS) is 16.5. The number of alkyl halides is 3. The first-order chi connectivity index (χ1) is 14.0. The average Bonchev–Trinajstić information content (AvgIpc) is 3.19. The van der Waals surface area contributed by atoms with Crippen LogP contribution in [0.15, 0.2) is 18.5 Å². The smallest absolute Gasteiger partial charge is 0.383 e. The fraction of sp³-hybridized carbons (Fsp3) is 0.438. The van der Waals surface area contributed by atoms with E-state index in [2.05, 4.69) is 19.8 Å². The molecule has 0 unspecified atom stereocenters. The second-order valence-electron chi connectivity index (χ2n) is 7.04. The van der Waals surface area contributed by atoms with Crippen molar-refractivity contribution in [3.63, 3.8) is 0 Å². The van der Waals surface area contributed by atoms with E-state index in [4.69, 9.17) is 5.73 Å². The second-order valence-corrected chi connectivity index (χ2v) is 9.76. The number of nitrogens with one attached hydrogen (secondary N) is 1. The van der Waals surface area contributed by atoms with E-state index in [1.165, 1.54) is 22.0 Å². The lowest BCUT2D eigenvalue weighted by Gasteiger charge is -2.31. The van der Waals surface area contributed by atoms with Crippen LogP contribution in [-0.2, 0) is 16.2 Å². The molecule has 0 aliphatic carbocycles. The van der Waals surface area contributed by atoms with Crippen molar-refractivity contribution >= 4 is 37.3 Å². The topological polar surface area (TPSA) is 119 Å². The minimum atomic E-state index is -4.60. The van der Waals surface area contributed by atoms with Crippen LogP contribution in [0.5, 0.6) is 0 Å². The number of aromatic nitrogens is 4. The summed E-state index contributed by atoms with van der Waals surface area (Å²) in [4.78, 5) is 10.6. The molecule has 9 nitrogen and oxygen atoms in total. The van der Waals surface area contributed by atoms with Gasteiger partial charge in [0.2, 0.25) is 20.1 Å². The largest absolute Gasteiger partial charge is 0.419 e. The van der Waals surface area contributed by atoms with E-state index in [1.807, 2.05) is 4.90 Å². The van der Waals surface area contributed by atoms with Crippen molar-refractivity contribution in [2.24, 2.45) is 0 Å². The Morgan fingerprint density at radius 2 is 2.00 bits per heavy atom. The molecule has 0 amide bonds. The summed E-state index contributed by atoms with van der Waals surface area (Å²) in [5.41, 5.74) is 4.85. The molecule has 0 radical (unpaired) electrons. The summed E-state index contributed by atoms with van der Waals surface area (Å²) in [6.45, 7) is 1.26. The number of rotatable bonds is 4. The number of piperidine rings is 1. The summed E-state index contributed by atoms with van der Waals surface area (Å²) in [5.74, 6) is -0.582. The Balaban J connectivity index is 1.52. The van der Waals surface area contributed by atoms with Gasteiger partial charge in [-0.1, -0.05) is 11.3 Å². The van der Waals surface area contributed by atoms with Gasteiger partial charge < -0.3 is 10.6 Å². The van der Waals surface area contributed by atoms with Gasteiger partial charge in [-0.05, 0) is 18.9 Å². The number of imidazole rings is 1. The Bertz CT molecular complexity index is 1150. The maximum atomic E-state index is 13.1. The zero-order chi connectivity index (χ0) is 21.7. The number of nitrogen functional groups attached to an aromatic ring is 1. The van der Waals surface area contributed by atoms with Crippen molar-refractivity contribution in [2.75, 3.05) is 30.0 Å². The Hall–Kier alpha value is -2.45. The molecular weight excluding hydrogens is 443 g/mol. The van der Waals surface area contributed by atoms with Crippen molar-refractivity contribution < 1.29 is 21.6 Å². The maximum Gasteiger partial charge on any atom is 0.419 e. The van der Waals surface area contributed by atoms with Crippen molar-refractivity contribution in [2.45, 2.75) is 25.1 Å². The quantitative estimate of drug-likeness (QED) is 0.610. The van der Waals surface area contributed by atoms with E-state index < -0.39 is 27.6 Å². The van der Waals surface area contributed by atoms with Crippen LogP contribution in [0.25, 0.3) is 16.2 Å². The zero-order valence-corrected chi connectivity index (χ0v) is 17.4. The lowest BCUT2D eigenvalue weighted by molar-refractivity contribution is -0.137. The van der Waals surface area contributed by atoms with E-state index in [9.17, 15) is 21.6 Å². The number of hydrogen-bond donors (Lipinski definition) is 2. The van der Waals surface area contributed by atoms with Crippen LogP contribution < -0.4 is 15.4 Å². The second kappa shape index (κ2) is 7.35. The van der Waals surface area contributed by atoms with Crippen LogP contribution in [0.2, 0.25) is 0 Å². The summed E-state index contributed by atoms with van der Waals surface area (Å²) in [7, 11) is -3.24. The molecule has 1 saturated heterocycles. The molecule has 0 atom stereocenters. The third-order valence-electron chi connectivity index (χ3n) is 4.70. The van der Waals surface area contributed by atoms with Gasteiger partial charge in [0.1, 0.15) is 5.82 Å². The van der Waals surface area contributed by atoms with Crippen molar-refractivity contribution in [1.29, 1.82) is 0 Å². The highest BCUT2D eigenvalue weighted by molar-refractivity contribution is 7.88. The first kappa shape index (κ1) is 20.8. The Morgan fingerprint density at radius 3 is 2.60 bits per heavy atom. The monoisotopic (exact) mass is 461 g/mol. The molecule has 162 valence electrons. The summed E-state index contributed by atoms with van der Waals surface area (Å²) in [6, 6.07) is 0.822. The number of halogens is 3. The van der Waals surface area contributed by atoms with Crippen LogP contribution in [0.1, 0.15) is 18.4 Å². The number of nitrogens with zero attached hydrogens (tertiary/aromatic N) is 5. The molecule has 0 aromatic carbocycles. The summed E-state index contributed by atoms with van der Waals surface area (Å²) in [5, 5.41) is 5.18. The molecule has 0 spiro atoms. The third-order valence-corrected chi connectivity index (χ3v) is 6.44. The Morgan fingerprint density at radius 1 is 1.30 bits per heavy atom. The molecule has 3 N–H and O–H groups in total. The fourth-order valence-electron chi connectivity index (χ4n) is 3.29. The van der Waals surface area contributed by atoms with Crippen LogP contribution in [0.4, 0.5) is 24.1 Å². The molecule has 4 rings (SSSR count). The molecule has 3 aromatic rings. The molecule has 14 heteroatoms. The van der Waals surface area contributed by atoms with Crippen molar-refractivity contribution in [3.8, 4) is 11.3 Å². The van der Waals surface area contributed by atoms with Gasteiger partial charge in [0.25, 0.3) is 0 Å². The summed E-state index contributed by atoms with van der Waals surface area (Å²) < 4.78 is 66.0. The highest BCUT2D eigenvalue weighted by Gasteiger charge is 2.34. The number of nitrogens with two attached hydrogens (primary N) is 1. The van der Waals surface area contributed by atoms with Crippen LogP contribution >= 0.6 is 11.3 Å². The van der Waals surface area contributed by atoms with Gasteiger partial charge in [-0.3, -0.25) is 0 Å². The van der Waals surface area contributed by atoms with Crippen molar-refractivity contribution in [3.05, 3.63) is 24.0 Å². The minimum absolute atomic E-state index is 0.104. The van der Waals surface area contributed by atoms with Crippen molar-refractivity contribution in [1.82, 2.24) is 24.3 Å². The number of fused-ring (bicyclic) bond motifs is 1. The molecule has 0 saturated carbocycles. The molecule has 30 heavy (non-hydrogen) atoms. The lowest BCUT2D eigenvalue weighted by Crippen LogP contribution is -2.44.